The summed E-state index contributed by atoms with van der Waals surface area (Å²) in [5.41, 5.74) is 5.38. The molecule has 1 heterocycles. The maximum absolute atomic E-state index is 12.7. The first-order chi connectivity index (χ1) is 6.88. The van der Waals surface area contributed by atoms with Gasteiger partial charge in [-0.2, -0.15) is 13.2 Å². The summed E-state index contributed by atoms with van der Waals surface area (Å²) >= 11 is 0. The summed E-state index contributed by atoms with van der Waals surface area (Å²) in [7, 11) is 0. The van der Waals surface area contributed by atoms with Crippen molar-refractivity contribution in [3.8, 4) is 0 Å². The summed E-state index contributed by atoms with van der Waals surface area (Å²) in [6.45, 7) is 1.47. The Kier molecular flexibility index (Phi) is 3.97. The number of nitrogens with zero attached hydrogens (tertiary/aromatic N) is 1. The molecule has 1 aliphatic rings. The second-order valence-electron chi connectivity index (χ2n) is 4.06. The first-order valence-electron chi connectivity index (χ1n) is 5.06. The smallest absolute Gasteiger partial charge is 0.395 e. The van der Waals surface area contributed by atoms with E-state index in [1.165, 1.54) is 11.8 Å². The first kappa shape index (κ1) is 12.7. The molecule has 1 fully saturated rings. The van der Waals surface area contributed by atoms with Gasteiger partial charge in [-0.1, -0.05) is 0 Å². The number of rotatable bonds is 3. The molecule has 3 atom stereocenters. The number of hydrogen-bond acceptors (Lipinski definition) is 3. The van der Waals surface area contributed by atoms with Gasteiger partial charge >= 0.3 is 6.18 Å². The van der Waals surface area contributed by atoms with Crippen LogP contribution in [0, 0.1) is 0 Å². The number of aliphatic hydroxyl groups excluding tert-OH is 1. The van der Waals surface area contributed by atoms with Crippen LogP contribution in [0.3, 0.4) is 0 Å². The van der Waals surface area contributed by atoms with E-state index in [0.717, 1.165) is 0 Å². The van der Waals surface area contributed by atoms with Crippen LogP contribution in [-0.4, -0.2) is 47.5 Å². The predicted octanol–water partition coefficient (Wildman–Crippen LogP) is 0.721. The van der Waals surface area contributed by atoms with Crippen LogP contribution in [-0.2, 0) is 0 Å². The molecule has 1 aliphatic heterocycles. The van der Waals surface area contributed by atoms with Crippen molar-refractivity contribution >= 4 is 0 Å². The Morgan fingerprint density at radius 1 is 1.53 bits per heavy atom. The average Bonchev–Trinajstić information content (AvgIpc) is 2.48. The van der Waals surface area contributed by atoms with Gasteiger partial charge in [-0.25, -0.2) is 0 Å². The summed E-state index contributed by atoms with van der Waals surface area (Å²) in [6.07, 6.45) is -3.04. The van der Waals surface area contributed by atoms with Gasteiger partial charge in [0.2, 0.25) is 0 Å². The van der Waals surface area contributed by atoms with Crippen molar-refractivity contribution in [1.82, 2.24) is 4.90 Å². The maximum Gasteiger partial charge on any atom is 0.405 e. The number of aliphatic hydroxyl groups is 1. The van der Waals surface area contributed by atoms with Crippen molar-refractivity contribution in [2.75, 3.05) is 13.2 Å². The van der Waals surface area contributed by atoms with E-state index in [-0.39, 0.29) is 6.61 Å². The Bertz CT molecular complexity index is 208. The van der Waals surface area contributed by atoms with E-state index < -0.39 is 24.3 Å². The summed E-state index contributed by atoms with van der Waals surface area (Å²) in [6, 6.07) is -3.02. The zero-order chi connectivity index (χ0) is 11.6. The second-order valence-corrected chi connectivity index (χ2v) is 4.06. The lowest BCUT2D eigenvalue weighted by Crippen LogP contribution is -2.57. The molecule has 0 aliphatic carbocycles. The largest absolute Gasteiger partial charge is 0.405 e. The van der Waals surface area contributed by atoms with Gasteiger partial charge in [0.25, 0.3) is 0 Å². The molecule has 1 rings (SSSR count). The van der Waals surface area contributed by atoms with Crippen LogP contribution in [0.15, 0.2) is 0 Å². The molecule has 3 nitrogen and oxygen atoms in total. The van der Waals surface area contributed by atoms with Gasteiger partial charge in [0, 0.05) is 12.1 Å². The van der Waals surface area contributed by atoms with E-state index in [1.807, 2.05) is 0 Å². The molecule has 15 heavy (non-hydrogen) atoms. The molecule has 0 bridgehead atoms. The first-order valence-corrected chi connectivity index (χ1v) is 5.06. The SMILES string of the molecule is CC(N)C(N1CCCC1CO)C(F)(F)F. The molecule has 6 heteroatoms. The van der Waals surface area contributed by atoms with Crippen LogP contribution in [0.2, 0.25) is 0 Å². The molecule has 0 aromatic rings. The minimum Gasteiger partial charge on any atom is -0.395 e. The minimum atomic E-state index is -4.33. The highest BCUT2D eigenvalue weighted by Gasteiger charge is 2.48. The van der Waals surface area contributed by atoms with Crippen molar-refractivity contribution in [2.24, 2.45) is 5.73 Å². The molecule has 3 N–H and O–H groups in total. The molecule has 0 spiro atoms. The van der Waals surface area contributed by atoms with Crippen LogP contribution in [0.5, 0.6) is 0 Å². The molecule has 1 saturated heterocycles. The zero-order valence-corrected chi connectivity index (χ0v) is 8.67. The fraction of sp³-hybridized carbons (Fsp3) is 1.00. The van der Waals surface area contributed by atoms with Gasteiger partial charge in [-0.05, 0) is 26.3 Å². The number of halogens is 3. The van der Waals surface area contributed by atoms with Gasteiger partial charge in [0.15, 0.2) is 0 Å². The molecule has 3 unspecified atom stereocenters. The lowest BCUT2D eigenvalue weighted by atomic mass is 10.1. The van der Waals surface area contributed by atoms with E-state index in [4.69, 9.17) is 10.8 Å². The third-order valence-electron chi connectivity index (χ3n) is 2.82. The van der Waals surface area contributed by atoms with Crippen LogP contribution in [0.1, 0.15) is 19.8 Å². The number of alkyl halides is 3. The molecular weight excluding hydrogens is 209 g/mol. The highest BCUT2D eigenvalue weighted by atomic mass is 19.4. The second kappa shape index (κ2) is 4.67. The molecule has 0 aromatic heterocycles. The van der Waals surface area contributed by atoms with Crippen molar-refractivity contribution < 1.29 is 18.3 Å². The highest BCUT2D eigenvalue weighted by molar-refractivity contribution is 4.92. The third kappa shape index (κ3) is 2.83. The van der Waals surface area contributed by atoms with Gasteiger partial charge in [0.05, 0.1) is 6.61 Å². The van der Waals surface area contributed by atoms with Crippen LogP contribution >= 0.6 is 0 Å². The number of hydrogen-bond donors (Lipinski definition) is 2. The van der Waals surface area contributed by atoms with E-state index in [0.29, 0.717) is 19.4 Å². The van der Waals surface area contributed by atoms with Gasteiger partial charge in [-0.3, -0.25) is 4.90 Å². The summed E-state index contributed by atoms with van der Waals surface area (Å²) in [5, 5.41) is 8.98. The van der Waals surface area contributed by atoms with Crippen molar-refractivity contribution in [3.05, 3.63) is 0 Å². The van der Waals surface area contributed by atoms with E-state index in [9.17, 15) is 13.2 Å². The minimum absolute atomic E-state index is 0.237. The van der Waals surface area contributed by atoms with Crippen molar-refractivity contribution in [3.63, 3.8) is 0 Å². The molecule has 0 saturated carbocycles. The fourth-order valence-corrected chi connectivity index (χ4v) is 2.21. The topological polar surface area (TPSA) is 49.5 Å². The quantitative estimate of drug-likeness (QED) is 0.745. The Morgan fingerprint density at radius 2 is 2.13 bits per heavy atom. The Morgan fingerprint density at radius 3 is 2.53 bits per heavy atom. The lowest BCUT2D eigenvalue weighted by Gasteiger charge is -2.35. The van der Waals surface area contributed by atoms with E-state index in [2.05, 4.69) is 0 Å². The highest BCUT2D eigenvalue weighted by Crippen LogP contribution is 2.31. The van der Waals surface area contributed by atoms with Gasteiger partial charge in [0.1, 0.15) is 6.04 Å². The van der Waals surface area contributed by atoms with Gasteiger partial charge in [-0.15, -0.1) is 0 Å². The lowest BCUT2D eigenvalue weighted by molar-refractivity contribution is -0.191. The van der Waals surface area contributed by atoms with Crippen LogP contribution < -0.4 is 5.73 Å². The Labute approximate surface area is 87.0 Å². The summed E-state index contributed by atoms with van der Waals surface area (Å²) in [5.74, 6) is 0. The van der Waals surface area contributed by atoms with E-state index >= 15 is 0 Å². The monoisotopic (exact) mass is 226 g/mol. The summed E-state index contributed by atoms with van der Waals surface area (Å²) < 4.78 is 38.2. The van der Waals surface area contributed by atoms with Crippen molar-refractivity contribution in [2.45, 2.75) is 44.1 Å². The standard InChI is InChI=1S/C9H17F3N2O/c1-6(13)8(9(10,11)12)14-4-2-3-7(14)5-15/h6-8,15H,2-5,13H2,1H3. The molecule has 0 radical (unpaired) electrons. The Balaban J connectivity index is 2.80. The Hall–Kier alpha value is -0.330. The van der Waals surface area contributed by atoms with E-state index in [1.54, 1.807) is 0 Å². The van der Waals surface area contributed by atoms with Crippen LogP contribution in [0.25, 0.3) is 0 Å². The zero-order valence-electron chi connectivity index (χ0n) is 8.67. The molecule has 0 aromatic carbocycles. The maximum atomic E-state index is 12.7. The average molecular weight is 226 g/mol. The fourth-order valence-electron chi connectivity index (χ4n) is 2.21. The predicted molar refractivity (Wildman–Crippen MR) is 50.3 cm³/mol. The third-order valence-corrected chi connectivity index (χ3v) is 2.82. The number of nitrogens with two attached hydrogens (primary N) is 1. The molecule has 90 valence electrons. The number of likely N-dealkylation sites (tertiary alicyclic amines) is 1. The van der Waals surface area contributed by atoms with Gasteiger partial charge < -0.3 is 10.8 Å². The molecular formula is C9H17F3N2O. The summed E-state index contributed by atoms with van der Waals surface area (Å²) in [4.78, 5) is 1.28. The van der Waals surface area contributed by atoms with Crippen LogP contribution in [0.4, 0.5) is 13.2 Å². The molecule has 0 amide bonds. The normalized spacial score (nSPS) is 28.0. The van der Waals surface area contributed by atoms with Crippen molar-refractivity contribution in [1.29, 1.82) is 0 Å².